The lowest BCUT2D eigenvalue weighted by Crippen LogP contribution is -2.38. The average Bonchev–Trinajstić information content (AvgIpc) is 3.31. The van der Waals surface area contributed by atoms with E-state index in [1.54, 1.807) is 28.4 Å². The third kappa shape index (κ3) is 3.55. The average molecular weight is 398 g/mol. The fourth-order valence-corrected chi connectivity index (χ4v) is 4.29. The first kappa shape index (κ1) is 18.4. The Balaban J connectivity index is 1.38. The molecule has 1 saturated heterocycles. The minimum atomic E-state index is -0.664. The quantitative estimate of drug-likeness (QED) is 0.582. The summed E-state index contributed by atoms with van der Waals surface area (Å²) in [6, 6.07) is 8.15. The van der Waals surface area contributed by atoms with Crippen molar-refractivity contribution in [2.75, 3.05) is 18.1 Å². The second-order valence-electron chi connectivity index (χ2n) is 6.68. The molecule has 7 nitrogen and oxygen atoms in total. The highest BCUT2D eigenvalue weighted by Crippen LogP contribution is 2.25. The number of hydrogen-bond donors (Lipinski definition) is 0. The molecule has 3 heterocycles. The van der Waals surface area contributed by atoms with Gasteiger partial charge in [0.1, 0.15) is 0 Å². The molecular formula is C20H18N2O5S. The Morgan fingerprint density at radius 1 is 1.07 bits per heavy atom. The number of carbonyl (C=O) groups is 4. The van der Waals surface area contributed by atoms with E-state index < -0.39 is 5.97 Å². The lowest BCUT2D eigenvalue weighted by Gasteiger charge is -2.26. The van der Waals surface area contributed by atoms with Gasteiger partial charge in [0, 0.05) is 30.8 Å². The van der Waals surface area contributed by atoms with E-state index in [0.717, 1.165) is 16.9 Å². The second-order valence-corrected chi connectivity index (χ2v) is 7.68. The number of benzene rings is 1. The zero-order valence-corrected chi connectivity index (χ0v) is 15.9. The summed E-state index contributed by atoms with van der Waals surface area (Å²) in [5, 5.41) is 2.02. The summed E-state index contributed by atoms with van der Waals surface area (Å²) in [5.74, 6) is -1.49. The smallest absolute Gasteiger partial charge is 0.338 e. The minimum Gasteiger partial charge on any atom is -0.452 e. The van der Waals surface area contributed by atoms with E-state index in [1.165, 1.54) is 17.0 Å². The summed E-state index contributed by atoms with van der Waals surface area (Å²) in [6.45, 7) is 0.798. The number of fused-ring (bicyclic) bond motifs is 1. The standard InChI is InChI=1S/C20H18N2O5S/c23-17-4-5-18(24)22(17)15-3-1-2-13(10-15)20(26)27-12-19(25)21-8-6-16-14(11-21)7-9-28-16/h1-3,7,9-10H,4-6,8,11-12H2. The molecule has 0 N–H and O–H groups in total. The summed E-state index contributed by atoms with van der Waals surface area (Å²) < 4.78 is 5.17. The van der Waals surface area contributed by atoms with Gasteiger partial charge in [-0.3, -0.25) is 19.3 Å². The molecule has 0 atom stereocenters. The van der Waals surface area contributed by atoms with Gasteiger partial charge in [0.05, 0.1) is 11.3 Å². The molecular weight excluding hydrogens is 380 g/mol. The number of nitrogens with zero attached hydrogens (tertiary/aromatic N) is 2. The van der Waals surface area contributed by atoms with E-state index in [-0.39, 0.29) is 42.7 Å². The number of esters is 1. The highest BCUT2D eigenvalue weighted by molar-refractivity contribution is 7.10. The van der Waals surface area contributed by atoms with Gasteiger partial charge in [0.15, 0.2) is 6.61 Å². The van der Waals surface area contributed by atoms with Crippen LogP contribution in [0.25, 0.3) is 0 Å². The van der Waals surface area contributed by atoms with Crippen LogP contribution in [0, 0.1) is 0 Å². The van der Waals surface area contributed by atoms with Gasteiger partial charge in [-0.05, 0) is 41.6 Å². The fourth-order valence-electron chi connectivity index (χ4n) is 3.40. The number of thiophene rings is 1. The highest BCUT2D eigenvalue weighted by atomic mass is 32.1. The maximum atomic E-state index is 12.4. The predicted octanol–water partition coefficient (Wildman–Crippen LogP) is 2.14. The minimum absolute atomic E-state index is 0.170. The maximum Gasteiger partial charge on any atom is 0.338 e. The Labute approximate surface area is 165 Å². The molecule has 3 amide bonds. The van der Waals surface area contributed by atoms with Gasteiger partial charge in [-0.15, -0.1) is 11.3 Å². The molecule has 2 aromatic rings. The predicted molar refractivity (Wildman–Crippen MR) is 102 cm³/mol. The second kappa shape index (κ2) is 7.55. The number of rotatable bonds is 4. The van der Waals surface area contributed by atoms with Gasteiger partial charge in [0.2, 0.25) is 11.8 Å². The molecule has 2 aliphatic heterocycles. The highest BCUT2D eigenvalue weighted by Gasteiger charge is 2.30. The molecule has 144 valence electrons. The van der Waals surface area contributed by atoms with Crippen LogP contribution in [-0.4, -0.2) is 41.7 Å². The molecule has 0 unspecified atom stereocenters. The monoisotopic (exact) mass is 398 g/mol. The Bertz CT molecular complexity index is 951. The Hall–Kier alpha value is -3.00. The van der Waals surface area contributed by atoms with Crippen LogP contribution in [0.1, 0.15) is 33.6 Å². The summed E-state index contributed by atoms with van der Waals surface area (Å²) in [5.41, 5.74) is 1.68. The van der Waals surface area contributed by atoms with Gasteiger partial charge in [0.25, 0.3) is 5.91 Å². The first-order valence-electron chi connectivity index (χ1n) is 8.99. The van der Waals surface area contributed by atoms with Crippen molar-refractivity contribution in [2.24, 2.45) is 0 Å². The maximum absolute atomic E-state index is 12.4. The van der Waals surface area contributed by atoms with Gasteiger partial charge in [-0.1, -0.05) is 6.07 Å². The van der Waals surface area contributed by atoms with Crippen LogP contribution in [0.2, 0.25) is 0 Å². The van der Waals surface area contributed by atoms with Crippen LogP contribution in [-0.2, 0) is 32.1 Å². The number of amides is 3. The summed E-state index contributed by atoms with van der Waals surface area (Å²) in [4.78, 5) is 52.5. The Morgan fingerprint density at radius 2 is 1.86 bits per heavy atom. The topological polar surface area (TPSA) is 84.0 Å². The molecule has 4 rings (SSSR count). The summed E-state index contributed by atoms with van der Waals surface area (Å²) >= 11 is 1.69. The van der Waals surface area contributed by atoms with Gasteiger partial charge >= 0.3 is 5.97 Å². The number of anilines is 1. The molecule has 0 spiro atoms. The van der Waals surface area contributed by atoms with E-state index in [2.05, 4.69) is 0 Å². The third-order valence-electron chi connectivity index (χ3n) is 4.88. The molecule has 0 radical (unpaired) electrons. The third-order valence-corrected chi connectivity index (χ3v) is 5.90. The van der Waals surface area contributed by atoms with Crippen molar-refractivity contribution in [3.8, 4) is 0 Å². The zero-order chi connectivity index (χ0) is 19.7. The first-order chi connectivity index (χ1) is 13.5. The van der Waals surface area contributed by atoms with Crippen LogP contribution in [0.3, 0.4) is 0 Å². The zero-order valence-electron chi connectivity index (χ0n) is 15.1. The Morgan fingerprint density at radius 3 is 2.64 bits per heavy atom. The summed E-state index contributed by atoms with van der Waals surface area (Å²) in [6.07, 6.45) is 1.15. The van der Waals surface area contributed by atoms with Crippen LogP contribution < -0.4 is 4.90 Å². The van der Waals surface area contributed by atoms with Gasteiger partial charge in [-0.25, -0.2) is 4.79 Å². The van der Waals surface area contributed by atoms with Crippen LogP contribution in [0.4, 0.5) is 5.69 Å². The van der Waals surface area contributed by atoms with Crippen molar-refractivity contribution >= 4 is 40.7 Å². The molecule has 1 aromatic heterocycles. The van der Waals surface area contributed by atoms with E-state index in [4.69, 9.17) is 4.74 Å². The van der Waals surface area contributed by atoms with Crippen molar-refractivity contribution in [1.82, 2.24) is 4.90 Å². The lowest BCUT2D eigenvalue weighted by molar-refractivity contribution is -0.135. The van der Waals surface area contributed by atoms with E-state index in [0.29, 0.717) is 18.8 Å². The van der Waals surface area contributed by atoms with E-state index in [9.17, 15) is 19.2 Å². The van der Waals surface area contributed by atoms with Gasteiger partial charge < -0.3 is 9.64 Å². The molecule has 28 heavy (non-hydrogen) atoms. The summed E-state index contributed by atoms with van der Waals surface area (Å²) in [7, 11) is 0. The molecule has 0 saturated carbocycles. The normalized spacial score (nSPS) is 16.3. The van der Waals surface area contributed by atoms with Crippen molar-refractivity contribution in [3.63, 3.8) is 0 Å². The number of carbonyl (C=O) groups excluding carboxylic acids is 4. The molecule has 2 aliphatic rings. The van der Waals surface area contributed by atoms with Crippen molar-refractivity contribution < 1.29 is 23.9 Å². The number of hydrogen-bond acceptors (Lipinski definition) is 6. The van der Waals surface area contributed by atoms with E-state index >= 15 is 0 Å². The molecule has 1 fully saturated rings. The Kier molecular flexibility index (Phi) is 4.95. The number of ether oxygens (including phenoxy) is 1. The largest absolute Gasteiger partial charge is 0.452 e. The molecule has 0 bridgehead atoms. The fraction of sp³-hybridized carbons (Fsp3) is 0.300. The van der Waals surface area contributed by atoms with Crippen molar-refractivity contribution in [1.29, 1.82) is 0 Å². The molecule has 1 aromatic carbocycles. The van der Waals surface area contributed by atoms with Crippen molar-refractivity contribution in [2.45, 2.75) is 25.8 Å². The number of imide groups is 1. The molecule has 8 heteroatoms. The van der Waals surface area contributed by atoms with Crippen molar-refractivity contribution in [3.05, 3.63) is 51.7 Å². The first-order valence-corrected chi connectivity index (χ1v) is 9.87. The molecule has 0 aliphatic carbocycles. The van der Waals surface area contributed by atoms with Crippen LogP contribution in [0.5, 0.6) is 0 Å². The van der Waals surface area contributed by atoms with Gasteiger partial charge in [-0.2, -0.15) is 0 Å². The SMILES string of the molecule is O=C(OCC(=O)N1CCc2sccc2C1)c1cccc(N2C(=O)CCC2=O)c1. The van der Waals surface area contributed by atoms with Crippen LogP contribution >= 0.6 is 11.3 Å². The van der Waals surface area contributed by atoms with E-state index in [1.807, 2.05) is 11.4 Å². The lowest BCUT2D eigenvalue weighted by atomic mass is 10.1. The van der Waals surface area contributed by atoms with Crippen LogP contribution in [0.15, 0.2) is 35.7 Å².